The van der Waals surface area contributed by atoms with E-state index in [0.717, 1.165) is 18.0 Å². The van der Waals surface area contributed by atoms with Crippen molar-refractivity contribution in [2.45, 2.75) is 44.4 Å². The Kier molecular flexibility index (Phi) is 5.80. The lowest BCUT2D eigenvalue weighted by Crippen LogP contribution is -2.26. The van der Waals surface area contributed by atoms with Crippen molar-refractivity contribution in [2.75, 3.05) is 13.1 Å². The minimum Gasteiger partial charge on any atom is -0.376 e. The molecule has 0 aromatic heterocycles. The van der Waals surface area contributed by atoms with E-state index in [9.17, 15) is 0 Å². The zero-order chi connectivity index (χ0) is 13.5. The predicted octanol–water partition coefficient (Wildman–Crippen LogP) is 3.35. The van der Waals surface area contributed by atoms with Crippen molar-refractivity contribution in [1.29, 1.82) is 0 Å². The molecule has 0 radical (unpaired) electrons. The first-order chi connectivity index (χ1) is 9.33. The summed E-state index contributed by atoms with van der Waals surface area (Å²) >= 11 is 5.54. The van der Waals surface area contributed by atoms with Gasteiger partial charge in [-0.1, -0.05) is 55.7 Å². The molecule has 1 aromatic carbocycles. The van der Waals surface area contributed by atoms with E-state index in [1.54, 1.807) is 0 Å². The standard InChI is InChI=1S/C16H24N2S/c17-11-6-12-18-16(19)15-10-5-4-9-14(15)13-7-2-1-3-8-13/h4-5,9-10,13H,1-3,6-8,11-12,17H2,(H,18,19). The molecule has 1 aromatic rings. The molecule has 0 atom stereocenters. The van der Waals surface area contributed by atoms with E-state index in [2.05, 4.69) is 29.6 Å². The van der Waals surface area contributed by atoms with Gasteiger partial charge in [-0.3, -0.25) is 0 Å². The van der Waals surface area contributed by atoms with E-state index in [0.29, 0.717) is 12.5 Å². The molecule has 0 spiro atoms. The largest absolute Gasteiger partial charge is 0.376 e. The first kappa shape index (κ1) is 14.5. The summed E-state index contributed by atoms with van der Waals surface area (Å²) in [5.41, 5.74) is 8.18. The molecule has 3 N–H and O–H groups in total. The van der Waals surface area contributed by atoms with Crippen LogP contribution >= 0.6 is 12.2 Å². The van der Waals surface area contributed by atoms with Crippen molar-refractivity contribution >= 4 is 17.2 Å². The fourth-order valence-electron chi connectivity index (χ4n) is 2.87. The Hall–Kier alpha value is -0.930. The first-order valence-electron chi connectivity index (χ1n) is 7.40. The summed E-state index contributed by atoms with van der Waals surface area (Å²) in [5.74, 6) is 0.694. The average molecular weight is 276 g/mol. The Balaban J connectivity index is 2.08. The van der Waals surface area contributed by atoms with Gasteiger partial charge < -0.3 is 11.1 Å². The fourth-order valence-corrected chi connectivity index (χ4v) is 3.16. The summed E-state index contributed by atoms with van der Waals surface area (Å²) < 4.78 is 0. The number of nitrogens with one attached hydrogen (secondary N) is 1. The Morgan fingerprint density at radius 2 is 1.95 bits per heavy atom. The van der Waals surface area contributed by atoms with E-state index < -0.39 is 0 Å². The Morgan fingerprint density at radius 3 is 2.68 bits per heavy atom. The highest BCUT2D eigenvalue weighted by Crippen LogP contribution is 2.34. The van der Waals surface area contributed by atoms with Gasteiger partial charge in [0.2, 0.25) is 0 Å². The van der Waals surface area contributed by atoms with Gasteiger partial charge in [-0.15, -0.1) is 0 Å². The minimum atomic E-state index is 0.694. The van der Waals surface area contributed by atoms with Crippen LogP contribution in [0.25, 0.3) is 0 Å². The van der Waals surface area contributed by atoms with E-state index in [-0.39, 0.29) is 0 Å². The van der Waals surface area contributed by atoms with E-state index in [4.69, 9.17) is 18.0 Å². The maximum atomic E-state index is 5.54. The third-order valence-electron chi connectivity index (χ3n) is 3.92. The summed E-state index contributed by atoms with van der Waals surface area (Å²) in [7, 11) is 0. The second-order valence-corrected chi connectivity index (χ2v) is 5.73. The van der Waals surface area contributed by atoms with E-state index in [1.165, 1.54) is 43.2 Å². The van der Waals surface area contributed by atoms with Crippen LogP contribution in [0.15, 0.2) is 24.3 Å². The molecule has 0 unspecified atom stereocenters. The molecule has 19 heavy (non-hydrogen) atoms. The van der Waals surface area contributed by atoms with Gasteiger partial charge in [0.15, 0.2) is 0 Å². The normalized spacial score (nSPS) is 16.3. The van der Waals surface area contributed by atoms with Crippen LogP contribution < -0.4 is 11.1 Å². The predicted molar refractivity (Wildman–Crippen MR) is 85.6 cm³/mol. The number of thiocarbonyl (C=S) groups is 1. The van der Waals surface area contributed by atoms with Gasteiger partial charge in [0, 0.05) is 12.1 Å². The minimum absolute atomic E-state index is 0.694. The molecule has 0 bridgehead atoms. The van der Waals surface area contributed by atoms with Gasteiger partial charge in [-0.25, -0.2) is 0 Å². The van der Waals surface area contributed by atoms with Crippen molar-refractivity contribution in [1.82, 2.24) is 5.32 Å². The molecule has 0 heterocycles. The molecule has 2 nitrogen and oxygen atoms in total. The summed E-state index contributed by atoms with van der Waals surface area (Å²) in [6, 6.07) is 8.62. The van der Waals surface area contributed by atoms with Crippen molar-refractivity contribution in [3.05, 3.63) is 35.4 Å². The lowest BCUT2D eigenvalue weighted by Gasteiger charge is -2.24. The molecule has 0 amide bonds. The van der Waals surface area contributed by atoms with Crippen LogP contribution in [-0.2, 0) is 0 Å². The summed E-state index contributed by atoms with van der Waals surface area (Å²) in [5, 5.41) is 3.33. The monoisotopic (exact) mass is 276 g/mol. The third-order valence-corrected chi connectivity index (χ3v) is 4.28. The molecule has 1 saturated carbocycles. The highest BCUT2D eigenvalue weighted by Gasteiger charge is 2.19. The maximum absolute atomic E-state index is 5.54. The van der Waals surface area contributed by atoms with E-state index in [1.807, 2.05) is 0 Å². The van der Waals surface area contributed by atoms with Crippen LogP contribution in [0.3, 0.4) is 0 Å². The molecular formula is C16H24N2S. The summed E-state index contributed by atoms with van der Waals surface area (Å²) in [6.45, 7) is 1.58. The number of nitrogens with two attached hydrogens (primary N) is 1. The van der Waals surface area contributed by atoms with Gasteiger partial charge in [-0.05, 0) is 37.3 Å². The molecule has 104 valence electrons. The van der Waals surface area contributed by atoms with Crippen LogP contribution in [0.1, 0.15) is 55.6 Å². The number of hydrogen-bond acceptors (Lipinski definition) is 2. The molecule has 1 fully saturated rings. The molecule has 0 saturated heterocycles. The zero-order valence-corrected chi connectivity index (χ0v) is 12.3. The Bertz CT molecular complexity index is 411. The quantitative estimate of drug-likeness (QED) is 0.640. The number of hydrogen-bond donors (Lipinski definition) is 2. The molecule has 3 heteroatoms. The topological polar surface area (TPSA) is 38.0 Å². The van der Waals surface area contributed by atoms with Crippen molar-refractivity contribution in [2.24, 2.45) is 5.73 Å². The van der Waals surface area contributed by atoms with Crippen LogP contribution in [0.2, 0.25) is 0 Å². The third kappa shape index (κ3) is 4.02. The smallest absolute Gasteiger partial charge is 0.106 e. The molecule has 1 aliphatic carbocycles. The van der Waals surface area contributed by atoms with Crippen molar-refractivity contribution < 1.29 is 0 Å². The second-order valence-electron chi connectivity index (χ2n) is 5.32. The molecular weight excluding hydrogens is 252 g/mol. The molecule has 0 aliphatic heterocycles. The summed E-state index contributed by atoms with van der Waals surface area (Å²) in [4.78, 5) is 0.884. The highest BCUT2D eigenvalue weighted by atomic mass is 32.1. The SMILES string of the molecule is NCCCNC(=S)c1ccccc1C1CCCCC1. The number of rotatable bonds is 5. The van der Waals surface area contributed by atoms with Crippen LogP contribution in [0, 0.1) is 0 Å². The number of benzene rings is 1. The molecule has 2 rings (SSSR count). The summed E-state index contributed by atoms with van der Waals surface area (Å²) in [6.07, 6.45) is 7.67. The fraction of sp³-hybridized carbons (Fsp3) is 0.562. The first-order valence-corrected chi connectivity index (χ1v) is 7.81. The van der Waals surface area contributed by atoms with E-state index >= 15 is 0 Å². The van der Waals surface area contributed by atoms with Gasteiger partial charge >= 0.3 is 0 Å². The van der Waals surface area contributed by atoms with Crippen LogP contribution in [0.5, 0.6) is 0 Å². The Labute approximate surface area is 121 Å². The van der Waals surface area contributed by atoms with Gasteiger partial charge in [0.05, 0.1) is 0 Å². The van der Waals surface area contributed by atoms with Crippen molar-refractivity contribution in [3.63, 3.8) is 0 Å². The van der Waals surface area contributed by atoms with Gasteiger partial charge in [-0.2, -0.15) is 0 Å². The maximum Gasteiger partial charge on any atom is 0.106 e. The van der Waals surface area contributed by atoms with Crippen LogP contribution in [0.4, 0.5) is 0 Å². The molecule has 1 aliphatic rings. The van der Waals surface area contributed by atoms with Gasteiger partial charge in [0.25, 0.3) is 0 Å². The highest BCUT2D eigenvalue weighted by molar-refractivity contribution is 7.80. The van der Waals surface area contributed by atoms with Crippen LogP contribution in [-0.4, -0.2) is 18.1 Å². The second kappa shape index (κ2) is 7.61. The van der Waals surface area contributed by atoms with Crippen molar-refractivity contribution in [3.8, 4) is 0 Å². The zero-order valence-electron chi connectivity index (χ0n) is 11.5. The Morgan fingerprint density at radius 1 is 1.21 bits per heavy atom. The average Bonchev–Trinajstić information content (AvgIpc) is 2.48. The van der Waals surface area contributed by atoms with Gasteiger partial charge in [0.1, 0.15) is 4.99 Å². The lowest BCUT2D eigenvalue weighted by molar-refractivity contribution is 0.443. The lowest BCUT2D eigenvalue weighted by atomic mass is 9.82.